The molecule has 0 N–H and O–H groups in total. The van der Waals surface area contributed by atoms with Gasteiger partial charge in [-0.1, -0.05) is 18.6 Å². The van der Waals surface area contributed by atoms with Crippen LogP contribution in [-0.4, -0.2) is 45.0 Å². The molecule has 1 aliphatic carbocycles. The van der Waals surface area contributed by atoms with Crippen molar-refractivity contribution in [2.24, 2.45) is 11.8 Å². The first-order valence-electron chi connectivity index (χ1n) is 6.75. The van der Waals surface area contributed by atoms with Gasteiger partial charge >= 0.3 is 0 Å². The van der Waals surface area contributed by atoms with Gasteiger partial charge in [0.15, 0.2) is 0 Å². The maximum absolute atomic E-state index is 11.3. The summed E-state index contributed by atoms with van der Waals surface area (Å²) in [6.07, 6.45) is 6.08. The van der Waals surface area contributed by atoms with E-state index in [1.54, 1.807) is 0 Å². The predicted octanol–water partition coefficient (Wildman–Crippen LogP) is 2.34. The van der Waals surface area contributed by atoms with E-state index in [2.05, 4.69) is 24.8 Å². The minimum Gasteiger partial charge on any atom is -0.302 e. The average molecular weight is 273 g/mol. The van der Waals surface area contributed by atoms with E-state index in [4.69, 9.17) is 0 Å². The molecule has 0 aromatic heterocycles. The second-order valence-electron chi connectivity index (χ2n) is 5.99. The van der Waals surface area contributed by atoms with Crippen molar-refractivity contribution in [2.45, 2.75) is 39.7 Å². The molecule has 0 aromatic rings. The third kappa shape index (κ3) is 4.73. The molecule has 0 amide bonds. The molecule has 0 fully saturated rings. The van der Waals surface area contributed by atoms with Gasteiger partial charge in [-0.3, -0.25) is 0 Å². The largest absolute Gasteiger partial charge is 0.302 e. The fourth-order valence-electron chi connectivity index (χ4n) is 2.75. The lowest BCUT2D eigenvalue weighted by Gasteiger charge is -2.34. The van der Waals surface area contributed by atoms with Crippen LogP contribution in [0.4, 0.5) is 0 Å². The lowest BCUT2D eigenvalue weighted by molar-refractivity contribution is 0.206. The zero-order chi connectivity index (χ0) is 13.9. The molecule has 3 nitrogen and oxygen atoms in total. The highest BCUT2D eigenvalue weighted by Crippen LogP contribution is 2.30. The fourth-order valence-corrected chi connectivity index (χ4v) is 3.89. The fraction of sp³-hybridized carbons (Fsp3) is 0.857. The Morgan fingerprint density at radius 1 is 1.50 bits per heavy atom. The van der Waals surface area contributed by atoms with E-state index in [9.17, 15) is 8.42 Å². The summed E-state index contributed by atoms with van der Waals surface area (Å²) in [5.41, 5.74) is 1.46. The van der Waals surface area contributed by atoms with Gasteiger partial charge in [-0.25, -0.2) is 8.42 Å². The molecule has 4 heteroatoms. The first-order valence-corrected chi connectivity index (χ1v) is 8.81. The second-order valence-corrected chi connectivity index (χ2v) is 8.18. The molecule has 1 aliphatic rings. The lowest BCUT2D eigenvalue weighted by Crippen LogP contribution is -2.40. The molecular weight excluding hydrogens is 246 g/mol. The summed E-state index contributed by atoms with van der Waals surface area (Å²) in [5, 5.41) is 0. The van der Waals surface area contributed by atoms with Gasteiger partial charge in [0.2, 0.25) is 0 Å². The molecule has 0 saturated carbocycles. The lowest BCUT2D eigenvalue weighted by atomic mass is 9.80. The van der Waals surface area contributed by atoms with E-state index in [1.165, 1.54) is 24.7 Å². The number of hydrogen-bond donors (Lipinski definition) is 0. The number of nitrogens with zero attached hydrogens (tertiary/aromatic N) is 1. The maximum atomic E-state index is 11.3. The zero-order valence-electron chi connectivity index (χ0n) is 12.3. The quantitative estimate of drug-likeness (QED) is 0.722. The average Bonchev–Trinajstić information content (AvgIpc) is 2.21. The Labute approximate surface area is 112 Å². The normalized spacial score (nSPS) is 27.1. The van der Waals surface area contributed by atoms with Crippen molar-refractivity contribution in [3.05, 3.63) is 11.6 Å². The minimum atomic E-state index is -2.89. The van der Waals surface area contributed by atoms with Gasteiger partial charge in [0.25, 0.3) is 0 Å². The van der Waals surface area contributed by atoms with Crippen molar-refractivity contribution in [2.75, 3.05) is 25.6 Å². The topological polar surface area (TPSA) is 37.4 Å². The van der Waals surface area contributed by atoms with Crippen LogP contribution in [-0.2, 0) is 9.84 Å². The van der Waals surface area contributed by atoms with E-state index in [-0.39, 0.29) is 11.8 Å². The summed E-state index contributed by atoms with van der Waals surface area (Å²) >= 11 is 0. The molecule has 0 unspecified atom stereocenters. The Bertz CT molecular complexity index is 400. The minimum absolute atomic E-state index is 0.0851. The van der Waals surface area contributed by atoms with Crippen molar-refractivity contribution < 1.29 is 8.42 Å². The van der Waals surface area contributed by atoms with Gasteiger partial charge in [-0.2, -0.15) is 0 Å². The van der Waals surface area contributed by atoms with E-state index >= 15 is 0 Å². The molecule has 106 valence electrons. The van der Waals surface area contributed by atoms with Crippen LogP contribution in [0.1, 0.15) is 33.6 Å². The van der Waals surface area contributed by atoms with Gasteiger partial charge in [0.1, 0.15) is 9.84 Å². The first kappa shape index (κ1) is 15.7. The van der Waals surface area contributed by atoms with Crippen molar-refractivity contribution in [1.29, 1.82) is 0 Å². The molecule has 0 aliphatic heterocycles. The van der Waals surface area contributed by atoms with Crippen LogP contribution in [0.5, 0.6) is 0 Å². The zero-order valence-corrected chi connectivity index (χ0v) is 13.1. The van der Waals surface area contributed by atoms with Crippen molar-refractivity contribution in [3.8, 4) is 0 Å². The SMILES string of the molecule is CC1=CCC[C@H](C)[C@@H]1CN(C)[C@H](C)CS(C)(=O)=O. The first-order chi connectivity index (χ1) is 8.20. The van der Waals surface area contributed by atoms with Gasteiger partial charge in [-0.05, 0) is 45.6 Å². The molecule has 0 aromatic carbocycles. The van der Waals surface area contributed by atoms with E-state index in [0.717, 1.165) is 6.54 Å². The molecule has 0 saturated heterocycles. The summed E-state index contributed by atoms with van der Waals surface area (Å²) in [6.45, 7) is 7.46. The summed E-state index contributed by atoms with van der Waals surface area (Å²) in [6, 6.07) is 0.0851. The maximum Gasteiger partial charge on any atom is 0.148 e. The number of allylic oxidation sites excluding steroid dienone is 1. The van der Waals surface area contributed by atoms with Crippen LogP contribution < -0.4 is 0 Å². The van der Waals surface area contributed by atoms with E-state index in [0.29, 0.717) is 11.8 Å². The third-order valence-electron chi connectivity index (χ3n) is 4.14. The van der Waals surface area contributed by atoms with E-state index in [1.807, 2.05) is 14.0 Å². The molecule has 0 heterocycles. The monoisotopic (exact) mass is 273 g/mol. The van der Waals surface area contributed by atoms with Crippen molar-refractivity contribution >= 4 is 9.84 Å². The van der Waals surface area contributed by atoms with Gasteiger partial charge in [0, 0.05) is 18.8 Å². The second kappa shape index (κ2) is 6.20. The molecule has 3 atom stereocenters. The highest BCUT2D eigenvalue weighted by atomic mass is 32.2. The van der Waals surface area contributed by atoms with Gasteiger partial charge in [-0.15, -0.1) is 0 Å². The predicted molar refractivity (Wildman–Crippen MR) is 77.4 cm³/mol. The Kier molecular flexibility index (Phi) is 5.41. The summed E-state index contributed by atoms with van der Waals surface area (Å²) < 4.78 is 22.7. The molecule has 0 bridgehead atoms. The van der Waals surface area contributed by atoms with Crippen LogP contribution in [0, 0.1) is 11.8 Å². The molecule has 0 radical (unpaired) electrons. The highest BCUT2D eigenvalue weighted by molar-refractivity contribution is 7.90. The van der Waals surface area contributed by atoms with Crippen LogP contribution in [0.3, 0.4) is 0 Å². The molecule has 0 spiro atoms. The van der Waals surface area contributed by atoms with Gasteiger partial charge < -0.3 is 4.90 Å². The number of sulfone groups is 1. The molecular formula is C14H27NO2S. The van der Waals surface area contributed by atoms with Gasteiger partial charge in [0.05, 0.1) is 5.75 Å². The Morgan fingerprint density at radius 3 is 2.61 bits per heavy atom. The molecule has 18 heavy (non-hydrogen) atoms. The Hall–Kier alpha value is -0.350. The summed E-state index contributed by atoms with van der Waals surface area (Å²) in [7, 11) is -0.860. The summed E-state index contributed by atoms with van der Waals surface area (Å²) in [4.78, 5) is 2.19. The van der Waals surface area contributed by atoms with Crippen LogP contribution in [0.15, 0.2) is 11.6 Å². The van der Waals surface area contributed by atoms with Crippen LogP contribution >= 0.6 is 0 Å². The Morgan fingerprint density at radius 2 is 2.11 bits per heavy atom. The third-order valence-corrected chi connectivity index (χ3v) is 5.23. The van der Waals surface area contributed by atoms with E-state index < -0.39 is 9.84 Å². The Balaban J connectivity index is 2.61. The number of hydrogen-bond acceptors (Lipinski definition) is 3. The summed E-state index contributed by atoms with van der Waals surface area (Å²) in [5.74, 6) is 1.52. The van der Waals surface area contributed by atoms with Crippen LogP contribution in [0.2, 0.25) is 0 Å². The van der Waals surface area contributed by atoms with Crippen molar-refractivity contribution in [1.82, 2.24) is 4.90 Å². The standard InChI is InChI=1S/C14H27NO2S/c1-11-7-6-8-12(2)14(11)9-15(4)13(3)10-18(5,16)17/h7,12-14H,6,8-10H2,1-5H3/t12-,13+,14+/m0/s1. The van der Waals surface area contributed by atoms with Crippen LogP contribution in [0.25, 0.3) is 0 Å². The molecule has 1 rings (SSSR count). The number of rotatable bonds is 5. The highest BCUT2D eigenvalue weighted by Gasteiger charge is 2.25. The smallest absolute Gasteiger partial charge is 0.148 e. The van der Waals surface area contributed by atoms with Crippen molar-refractivity contribution in [3.63, 3.8) is 0 Å².